The summed E-state index contributed by atoms with van der Waals surface area (Å²) in [6.45, 7) is 0. The standard InChI is InChI=1S/C8H5BrN2O2/c9-5-1-6-2-10-7(8(12)13)4-11(6)3-5/h1-4H,(H,12,13). The van der Waals surface area contributed by atoms with Crippen LogP contribution in [0.25, 0.3) is 5.52 Å². The molecule has 0 spiro atoms. The van der Waals surface area contributed by atoms with Gasteiger partial charge in [0, 0.05) is 16.9 Å². The van der Waals surface area contributed by atoms with Crippen LogP contribution in [0.1, 0.15) is 10.5 Å². The number of carbonyl (C=O) groups is 1. The van der Waals surface area contributed by atoms with Gasteiger partial charge in [-0.2, -0.15) is 0 Å². The Labute approximate surface area is 82.0 Å². The van der Waals surface area contributed by atoms with E-state index in [1.807, 2.05) is 6.07 Å². The zero-order valence-corrected chi connectivity index (χ0v) is 8.02. The van der Waals surface area contributed by atoms with E-state index in [9.17, 15) is 4.79 Å². The highest BCUT2D eigenvalue weighted by molar-refractivity contribution is 9.10. The van der Waals surface area contributed by atoms with Gasteiger partial charge in [-0.25, -0.2) is 9.78 Å². The first-order chi connectivity index (χ1) is 6.16. The minimum absolute atomic E-state index is 0.0376. The van der Waals surface area contributed by atoms with E-state index in [-0.39, 0.29) is 5.69 Å². The van der Waals surface area contributed by atoms with E-state index in [0.717, 1.165) is 9.99 Å². The molecule has 0 aliphatic rings. The van der Waals surface area contributed by atoms with Crippen molar-refractivity contribution in [2.75, 3.05) is 0 Å². The van der Waals surface area contributed by atoms with E-state index in [4.69, 9.17) is 5.11 Å². The molecule has 0 radical (unpaired) electrons. The second-order valence-corrected chi connectivity index (χ2v) is 3.48. The van der Waals surface area contributed by atoms with Gasteiger partial charge in [0.05, 0.1) is 11.7 Å². The number of aromatic carboxylic acids is 1. The van der Waals surface area contributed by atoms with Crippen LogP contribution >= 0.6 is 15.9 Å². The number of rotatable bonds is 1. The lowest BCUT2D eigenvalue weighted by Crippen LogP contribution is -2.01. The average Bonchev–Trinajstić information content (AvgIpc) is 2.42. The van der Waals surface area contributed by atoms with Crippen LogP contribution in [0.15, 0.2) is 29.1 Å². The van der Waals surface area contributed by atoms with Gasteiger partial charge in [0.15, 0.2) is 5.69 Å². The highest BCUT2D eigenvalue weighted by Gasteiger charge is 2.05. The number of carboxylic acids is 1. The quantitative estimate of drug-likeness (QED) is 0.828. The largest absolute Gasteiger partial charge is 0.476 e. The minimum atomic E-state index is -1.02. The minimum Gasteiger partial charge on any atom is -0.476 e. The smallest absolute Gasteiger partial charge is 0.356 e. The van der Waals surface area contributed by atoms with Crippen LogP contribution in [0.2, 0.25) is 0 Å². The molecule has 0 fully saturated rings. The molecule has 13 heavy (non-hydrogen) atoms. The van der Waals surface area contributed by atoms with Gasteiger partial charge in [-0.3, -0.25) is 0 Å². The Morgan fingerprint density at radius 2 is 2.31 bits per heavy atom. The van der Waals surface area contributed by atoms with Crippen LogP contribution in [0.4, 0.5) is 0 Å². The van der Waals surface area contributed by atoms with E-state index >= 15 is 0 Å². The van der Waals surface area contributed by atoms with E-state index in [1.54, 1.807) is 10.6 Å². The fourth-order valence-electron chi connectivity index (χ4n) is 1.09. The maximum absolute atomic E-state index is 10.6. The number of hydrogen-bond acceptors (Lipinski definition) is 2. The molecule has 0 aliphatic carbocycles. The summed E-state index contributed by atoms with van der Waals surface area (Å²) in [4.78, 5) is 14.3. The summed E-state index contributed by atoms with van der Waals surface area (Å²) in [5.74, 6) is -1.02. The van der Waals surface area contributed by atoms with Gasteiger partial charge in [-0.05, 0) is 22.0 Å². The summed E-state index contributed by atoms with van der Waals surface area (Å²) in [5.41, 5.74) is 0.896. The molecule has 0 atom stereocenters. The topological polar surface area (TPSA) is 54.6 Å². The number of halogens is 1. The van der Waals surface area contributed by atoms with Gasteiger partial charge in [0.25, 0.3) is 0 Å². The first-order valence-corrected chi connectivity index (χ1v) is 4.32. The van der Waals surface area contributed by atoms with Gasteiger partial charge in [-0.15, -0.1) is 0 Å². The molecular formula is C8H5BrN2O2. The molecule has 0 unspecified atom stereocenters. The number of carboxylic acid groups (broad SMARTS) is 1. The lowest BCUT2D eigenvalue weighted by atomic mass is 10.4. The Morgan fingerprint density at radius 1 is 1.54 bits per heavy atom. The van der Waals surface area contributed by atoms with Crippen molar-refractivity contribution >= 4 is 27.4 Å². The lowest BCUT2D eigenvalue weighted by molar-refractivity contribution is 0.0690. The lowest BCUT2D eigenvalue weighted by Gasteiger charge is -1.95. The molecule has 4 nitrogen and oxygen atoms in total. The third-order valence-corrected chi connectivity index (χ3v) is 2.10. The Bertz CT molecular complexity index is 478. The Hall–Kier alpha value is -1.36. The Balaban J connectivity index is 2.67. The predicted molar refractivity (Wildman–Crippen MR) is 49.9 cm³/mol. The first kappa shape index (κ1) is 8.25. The fourth-order valence-corrected chi connectivity index (χ4v) is 1.54. The van der Waals surface area contributed by atoms with E-state index in [2.05, 4.69) is 20.9 Å². The molecule has 0 amide bonds. The third-order valence-electron chi connectivity index (χ3n) is 1.66. The van der Waals surface area contributed by atoms with Gasteiger partial charge in [-0.1, -0.05) is 0 Å². The summed E-state index contributed by atoms with van der Waals surface area (Å²) in [7, 11) is 0. The van der Waals surface area contributed by atoms with E-state index in [1.165, 1.54) is 12.4 Å². The molecule has 66 valence electrons. The summed E-state index contributed by atoms with van der Waals surface area (Å²) in [6.07, 6.45) is 4.78. The second kappa shape index (κ2) is 2.85. The van der Waals surface area contributed by atoms with E-state index < -0.39 is 5.97 Å². The van der Waals surface area contributed by atoms with Crippen molar-refractivity contribution in [1.29, 1.82) is 0 Å². The molecule has 2 rings (SSSR count). The normalized spacial score (nSPS) is 10.5. The van der Waals surface area contributed by atoms with Crippen LogP contribution in [-0.2, 0) is 0 Å². The number of hydrogen-bond donors (Lipinski definition) is 1. The van der Waals surface area contributed by atoms with Crippen LogP contribution < -0.4 is 0 Å². The van der Waals surface area contributed by atoms with Gasteiger partial charge in [0.2, 0.25) is 0 Å². The molecule has 2 aromatic heterocycles. The molecule has 1 N–H and O–H groups in total. The van der Waals surface area contributed by atoms with Crippen molar-refractivity contribution in [3.63, 3.8) is 0 Å². The third kappa shape index (κ3) is 1.42. The average molecular weight is 241 g/mol. The highest BCUT2D eigenvalue weighted by atomic mass is 79.9. The van der Waals surface area contributed by atoms with Crippen LogP contribution in [0.3, 0.4) is 0 Å². The maximum Gasteiger partial charge on any atom is 0.356 e. The molecular weight excluding hydrogens is 236 g/mol. The Kier molecular flexibility index (Phi) is 1.81. The fraction of sp³-hybridized carbons (Fsp3) is 0. The van der Waals surface area contributed by atoms with Crippen molar-refractivity contribution in [1.82, 2.24) is 9.38 Å². The van der Waals surface area contributed by atoms with Crippen molar-refractivity contribution in [2.45, 2.75) is 0 Å². The summed E-state index contributed by atoms with van der Waals surface area (Å²) >= 11 is 3.29. The molecule has 0 bridgehead atoms. The Morgan fingerprint density at radius 3 is 3.00 bits per heavy atom. The molecule has 2 aromatic rings. The zero-order chi connectivity index (χ0) is 9.42. The molecule has 0 saturated heterocycles. The molecule has 2 heterocycles. The SMILES string of the molecule is O=C(O)c1cn2cc(Br)cc2cn1. The van der Waals surface area contributed by atoms with Crippen molar-refractivity contribution < 1.29 is 9.90 Å². The van der Waals surface area contributed by atoms with E-state index in [0.29, 0.717) is 0 Å². The number of nitrogens with zero attached hydrogens (tertiary/aromatic N) is 2. The molecule has 0 aromatic carbocycles. The number of fused-ring (bicyclic) bond motifs is 1. The number of aromatic nitrogens is 2. The van der Waals surface area contributed by atoms with Crippen molar-refractivity contribution in [2.24, 2.45) is 0 Å². The highest BCUT2D eigenvalue weighted by Crippen LogP contribution is 2.14. The van der Waals surface area contributed by atoms with Gasteiger partial charge in [0.1, 0.15) is 0 Å². The first-order valence-electron chi connectivity index (χ1n) is 3.53. The molecule has 0 saturated carbocycles. The van der Waals surface area contributed by atoms with Crippen LogP contribution in [-0.4, -0.2) is 20.5 Å². The van der Waals surface area contributed by atoms with Gasteiger partial charge >= 0.3 is 5.97 Å². The van der Waals surface area contributed by atoms with Gasteiger partial charge < -0.3 is 9.51 Å². The summed E-state index contributed by atoms with van der Waals surface area (Å²) in [6, 6.07) is 1.86. The van der Waals surface area contributed by atoms with Crippen molar-refractivity contribution in [3.8, 4) is 0 Å². The second-order valence-electron chi connectivity index (χ2n) is 2.57. The van der Waals surface area contributed by atoms with Crippen LogP contribution in [0, 0.1) is 0 Å². The molecule has 5 heteroatoms. The van der Waals surface area contributed by atoms with Crippen molar-refractivity contribution in [3.05, 3.63) is 34.8 Å². The monoisotopic (exact) mass is 240 g/mol. The predicted octanol–water partition coefficient (Wildman–Crippen LogP) is 1.79. The zero-order valence-electron chi connectivity index (χ0n) is 6.44. The van der Waals surface area contributed by atoms with Crippen LogP contribution in [0.5, 0.6) is 0 Å². The summed E-state index contributed by atoms with van der Waals surface area (Å²) in [5, 5.41) is 8.66. The maximum atomic E-state index is 10.6. The molecule has 0 aliphatic heterocycles. The summed E-state index contributed by atoms with van der Waals surface area (Å²) < 4.78 is 2.61.